The van der Waals surface area contributed by atoms with Crippen molar-refractivity contribution in [3.63, 3.8) is 0 Å². The number of hydrogen-bond acceptors (Lipinski definition) is 2. The number of amides is 2. The minimum Gasteiger partial charge on any atom is -0.369 e. The van der Waals surface area contributed by atoms with Crippen molar-refractivity contribution in [1.82, 2.24) is 4.90 Å². The fraction of sp³-hybridized carbons (Fsp3) is 0.467. The predicted octanol–water partition coefficient (Wildman–Crippen LogP) is 2.65. The van der Waals surface area contributed by atoms with E-state index in [0.29, 0.717) is 36.0 Å². The fourth-order valence-electron chi connectivity index (χ4n) is 2.56. The molecule has 0 bridgehead atoms. The number of likely N-dealkylation sites (tertiary alicyclic amines) is 1. The second kappa shape index (κ2) is 7.14. The number of benzene rings is 1. The van der Waals surface area contributed by atoms with Crippen LogP contribution in [0.5, 0.6) is 0 Å². The maximum Gasteiger partial charge on any atom is 0.222 e. The molecule has 1 aliphatic heterocycles. The summed E-state index contributed by atoms with van der Waals surface area (Å²) in [7, 11) is 0. The molecule has 1 heterocycles. The number of nitrogens with two attached hydrogens (primary N) is 1. The molecule has 2 rings (SSSR count). The first-order valence-electron chi connectivity index (χ1n) is 6.98. The smallest absolute Gasteiger partial charge is 0.222 e. The Morgan fingerprint density at radius 1 is 1.33 bits per heavy atom. The first-order chi connectivity index (χ1) is 9.97. The van der Waals surface area contributed by atoms with Crippen molar-refractivity contribution in [3.05, 3.63) is 33.8 Å². The van der Waals surface area contributed by atoms with E-state index >= 15 is 0 Å². The van der Waals surface area contributed by atoms with Crippen LogP contribution >= 0.6 is 23.2 Å². The van der Waals surface area contributed by atoms with Gasteiger partial charge in [-0.1, -0.05) is 29.3 Å². The zero-order valence-corrected chi connectivity index (χ0v) is 13.2. The summed E-state index contributed by atoms with van der Waals surface area (Å²) < 4.78 is 0. The average molecular weight is 329 g/mol. The third kappa shape index (κ3) is 4.35. The molecule has 1 unspecified atom stereocenters. The van der Waals surface area contributed by atoms with Gasteiger partial charge in [-0.15, -0.1) is 0 Å². The van der Waals surface area contributed by atoms with E-state index in [9.17, 15) is 9.59 Å². The van der Waals surface area contributed by atoms with Crippen LogP contribution in [0.15, 0.2) is 18.2 Å². The van der Waals surface area contributed by atoms with Crippen molar-refractivity contribution >= 4 is 35.0 Å². The molecule has 1 aromatic rings. The Morgan fingerprint density at radius 2 is 2.10 bits per heavy atom. The van der Waals surface area contributed by atoms with Gasteiger partial charge in [0.1, 0.15) is 0 Å². The van der Waals surface area contributed by atoms with Gasteiger partial charge in [-0.3, -0.25) is 9.59 Å². The van der Waals surface area contributed by atoms with Crippen molar-refractivity contribution in [2.75, 3.05) is 13.1 Å². The molecule has 0 radical (unpaired) electrons. The number of halogens is 2. The summed E-state index contributed by atoms with van der Waals surface area (Å²) in [5, 5.41) is 1.15. The zero-order valence-electron chi connectivity index (χ0n) is 11.6. The highest BCUT2D eigenvalue weighted by molar-refractivity contribution is 6.35. The molecule has 114 valence electrons. The van der Waals surface area contributed by atoms with Crippen molar-refractivity contribution in [2.45, 2.75) is 25.7 Å². The summed E-state index contributed by atoms with van der Waals surface area (Å²) in [4.78, 5) is 25.2. The number of hydrogen-bond donors (Lipinski definition) is 1. The lowest BCUT2D eigenvalue weighted by atomic mass is 9.97. The van der Waals surface area contributed by atoms with E-state index < -0.39 is 0 Å². The van der Waals surface area contributed by atoms with Gasteiger partial charge in [0.25, 0.3) is 0 Å². The second-order valence-electron chi connectivity index (χ2n) is 5.32. The molecule has 1 aliphatic rings. The molecule has 2 amide bonds. The maximum atomic E-state index is 12.2. The van der Waals surface area contributed by atoms with Crippen LogP contribution < -0.4 is 5.73 Å². The molecular weight excluding hydrogens is 311 g/mol. The fourth-order valence-corrected chi connectivity index (χ4v) is 3.06. The Bertz CT molecular complexity index is 548. The molecule has 0 aliphatic carbocycles. The summed E-state index contributed by atoms with van der Waals surface area (Å²) in [6.45, 7) is 1.12. The summed E-state index contributed by atoms with van der Waals surface area (Å²) in [5.74, 6) is -0.512. The SMILES string of the molecule is NC(=O)C1CCCN(C(=O)CCc2ccc(Cl)cc2Cl)C1. The van der Waals surface area contributed by atoms with Gasteiger partial charge in [-0.25, -0.2) is 0 Å². The monoisotopic (exact) mass is 328 g/mol. The van der Waals surface area contributed by atoms with Crippen LogP contribution in [0.2, 0.25) is 10.0 Å². The van der Waals surface area contributed by atoms with E-state index in [4.69, 9.17) is 28.9 Å². The average Bonchev–Trinajstić information content (AvgIpc) is 2.46. The molecular formula is C15H18Cl2N2O2. The largest absolute Gasteiger partial charge is 0.369 e. The molecule has 2 N–H and O–H groups in total. The lowest BCUT2D eigenvalue weighted by Crippen LogP contribution is -2.44. The van der Waals surface area contributed by atoms with Gasteiger partial charge >= 0.3 is 0 Å². The van der Waals surface area contributed by atoms with Gasteiger partial charge < -0.3 is 10.6 Å². The summed E-state index contributed by atoms with van der Waals surface area (Å²) in [6.07, 6.45) is 2.52. The number of aryl methyl sites for hydroxylation is 1. The number of carbonyl (C=O) groups excluding carboxylic acids is 2. The molecule has 4 nitrogen and oxygen atoms in total. The molecule has 0 aromatic heterocycles. The lowest BCUT2D eigenvalue weighted by molar-refractivity contribution is -0.134. The Hall–Kier alpha value is -1.26. The van der Waals surface area contributed by atoms with Gasteiger partial charge in [0, 0.05) is 29.6 Å². The molecule has 0 spiro atoms. The van der Waals surface area contributed by atoms with Crippen molar-refractivity contribution in [3.8, 4) is 0 Å². The third-order valence-corrected chi connectivity index (χ3v) is 4.39. The number of carbonyl (C=O) groups is 2. The van der Waals surface area contributed by atoms with E-state index in [1.165, 1.54) is 0 Å². The maximum absolute atomic E-state index is 12.2. The van der Waals surface area contributed by atoms with Crippen molar-refractivity contribution < 1.29 is 9.59 Å². The second-order valence-corrected chi connectivity index (χ2v) is 6.16. The Labute approximate surface area is 134 Å². The first kappa shape index (κ1) is 16.1. The highest BCUT2D eigenvalue weighted by Gasteiger charge is 2.26. The predicted molar refractivity (Wildman–Crippen MR) is 83.3 cm³/mol. The number of nitrogens with zero attached hydrogens (tertiary/aromatic N) is 1. The van der Waals surface area contributed by atoms with Crippen LogP contribution in [-0.4, -0.2) is 29.8 Å². The number of piperidine rings is 1. The Morgan fingerprint density at radius 3 is 2.76 bits per heavy atom. The minimum absolute atomic E-state index is 0.0342. The molecule has 1 saturated heterocycles. The van der Waals surface area contributed by atoms with Crippen molar-refractivity contribution in [1.29, 1.82) is 0 Å². The van der Waals surface area contributed by atoms with Crippen LogP contribution in [-0.2, 0) is 16.0 Å². The van der Waals surface area contributed by atoms with Gasteiger partial charge in [0.2, 0.25) is 11.8 Å². The first-order valence-corrected chi connectivity index (χ1v) is 7.74. The zero-order chi connectivity index (χ0) is 15.4. The minimum atomic E-state index is -0.326. The molecule has 6 heteroatoms. The van der Waals surface area contributed by atoms with Gasteiger partial charge in [0.15, 0.2) is 0 Å². The highest BCUT2D eigenvalue weighted by Crippen LogP contribution is 2.23. The number of rotatable bonds is 4. The van der Waals surface area contributed by atoms with Crippen LogP contribution in [0.3, 0.4) is 0 Å². The van der Waals surface area contributed by atoms with Gasteiger partial charge in [-0.2, -0.15) is 0 Å². The molecule has 0 saturated carbocycles. The van der Waals surface area contributed by atoms with E-state index in [2.05, 4.69) is 0 Å². The van der Waals surface area contributed by atoms with E-state index in [1.807, 2.05) is 6.07 Å². The third-order valence-electron chi connectivity index (χ3n) is 3.80. The van der Waals surface area contributed by atoms with Crippen LogP contribution in [0.4, 0.5) is 0 Å². The lowest BCUT2D eigenvalue weighted by Gasteiger charge is -2.31. The topological polar surface area (TPSA) is 63.4 Å². The van der Waals surface area contributed by atoms with Crippen LogP contribution in [0.25, 0.3) is 0 Å². The summed E-state index contributed by atoms with van der Waals surface area (Å²) in [5.41, 5.74) is 6.22. The highest BCUT2D eigenvalue weighted by atomic mass is 35.5. The number of primary amides is 1. The molecule has 1 fully saturated rings. The Balaban J connectivity index is 1.90. The van der Waals surface area contributed by atoms with Crippen molar-refractivity contribution in [2.24, 2.45) is 11.7 Å². The molecule has 1 atom stereocenters. The van der Waals surface area contributed by atoms with Crippen LogP contribution in [0, 0.1) is 5.92 Å². The van der Waals surface area contributed by atoms with E-state index in [1.54, 1.807) is 17.0 Å². The summed E-state index contributed by atoms with van der Waals surface area (Å²) in [6, 6.07) is 5.27. The quantitative estimate of drug-likeness (QED) is 0.923. The molecule has 21 heavy (non-hydrogen) atoms. The van der Waals surface area contributed by atoms with E-state index in [0.717, 1.165) is 18.4 Å². The summed E-state index contributed by atoms with van der Waals surface area (Å²) >= 11 is 11.9. The van der Waals surface area contributed by atoms with Gasteiger partial charge in [0.05, 0.1) is 5.92 Å². The standard InChI is InChI=1S/C15H18Cl2N2O2/c16-12-5-3-10(13(17)8-12)4-6-14(20)19-7-1-2-11(9-19)15(18)21/h3,5,8,11H,1-2,4,6-7,9H2,(H2,18,21). The van der Waals surface area contributed by atoms with Crippen LogP contribution in [0.1, 0.15) is 24.8 Å². The molecule has 1 aromatic carbocycles. The van der Waals surface area contributed by atoms with Gasteiger partial charge in [-0.05, 0) is 37.0 Å². The van der Waals surface area contributed by atoms with E-state index in [-0.39, 0.29) is 17.7 Å². The normalized spacial score (nSPS) is 18.6. The Kier molecular flexibility index (Phi) is 5.48.